The van der Waals surface area contributed by atoms with E-state index in [1.807, 2.05) is 6.92 Å². The number of benzene rings is 2. The van der Waals surface area contributed by atoms with Crippen molar-refractivity contribution in [1.82, 2.24) is 10.7 Å². The van der Waals surface area contributed by atoms with Crippen LogP contribution in [-0.2, 0) is 9.59 Å². The van der Waals surface area contributed by atoms with Gasteiger partial charge in [0.2, 0.25) is 5.91 Å². The van der Waals surface area contributed by atoms with E-state index in [0.717, 1.165) is 16.7 Å². The highest BCUT2D eigenvalue weighted by atomic mass is 16.3. The zero-order valence-corrected chi connectivity index (χ0v) is 18.3. The van der Waals surface area contributed by atoms with Gasteiger partial charge in [0.05, 0.1) is 12.0 Å². The Morgan fingerprint density at radius 3 is 2.37 bits per heavy atom. The Bertz CT molecular complexity index is 1310. The van der Waals surface area contributed by atoms with Gasteiger partial charge in [-0.15, -0.1) is 0 Å². The maximum absolute atomic E-state index is 12.8. The van der Waals surface area contributed by atoms with Crippen molar-refractivity contribution >= 4 is 47.2 Å². The van der Waals surface area contributed by atoms with Crippen LogP contribution in [0.5, 0.6) is 0 Å². The summed E-state index contributed by atoms with van der Waals surface area (Å²) in [5.41, 5.74) is 4.13. The molecule has 2 heterocycles. The summed E-state index contributed by atoms with van der Waals surface area (Å²) in [7, 11) is 0. The summed E-state index contributed by atoms with van der Waals surface area (Å²) in [6, 6.07) is 14.8. The molecule has 3 N–H and O–H groups in total. The topological polar surface area (TPSA) is 150 Å². The van der Waals surface area contributed by atoms with Crippen molar-refractivity contribution in [1.29, 1.82) is 0 Å². The lowest BCUT2D eigenvalue weighted by molar-refractivity contribution is -0.131. The standard InChI is InChI=1S/C24H19N5O6/c1-14-4-10-17(11-5-14)29-23(33)18(21(31)27-24(29)34)13-25-28-20(30)15-6-8-16(9-7-15)26-22(32)19-3-2-12-35-19/h2-13,18H,1H3,(H,26,32)(H,28,30)(H,27,31,34)/b25-13-/t18-/m0/s1. The fourth-order valence-electron chi connectivity index (χ4n) is 3.20. The van der Waals surface area contributed by atoms with E-state index in [9.17, 15) is 24.0 Å². The van der Waals surface area contributed by atoms with Gasteiger partial charge in [-0.2, -0.15) is 5.10 Å². The van der Waals surface area contributed by atoms with Gasteiger partial charge in [-0.25, -0.2) is 15.1 Å². The summed E-state index contributed by atoms with van der Waals surface area (Å²) >= 11 is 0. The van der Waals surface area contributed by atoms with E-state index >= 15 is 0 Å². The van der Waals surface area contributed by atoms with Gasteiger partial charge in [0.1, 0.15) is 0 Å². The van der Waals surface area contributed by atoms with Crippen LogP contribution in [0.4, 0.5) is 16.2 Å². The number of anilines is 2. The molecule has 1 fully saturated rings. The number of hydrogen-bond acceptors (Lipinski definition) is 7. The average Bonchev–Trinajstić information content (AvgIpc) is 3.38. The number of imide groups is 2. The third kappa shape index (κ3) is 5.14. The molecule has 1 aromatic heterocycles. The van der Waals surface area contributed by atoms with Crippen molar-refractivity contribution < 1.29 is 28.4 Å². The Morgan fingerprint density at radius 2 is 1.71 bits per heavy atom. The second kappa shape index (κ2) is 9.83. The van der Waals surface area contributed by atoms with Crippen molar-refractivity contribution in [3.05, 3.63) is 83.8 Å². The first-order valence-corrected chi connectivity index (χ1v) is 10.4. The van der Waals surface area contributed by atoms with Gasteiger partial charge in [-0.05, 0) is 55.5 Å². The summed E-state index contributed by atoms with van der Waals surface area (Å²) < 4.78 is 5.02. The van der Waals surface area contributed by atoms with E-state index in [1.54, 1.807) is 30.3 Å². The normalized spacial score (nSPS) is 15.7. The molecule has 0 radical (unpaired) electrons. The van der Waals surface area contributed by atoms with Crippen molar-refractivity contribution in [3.63, 3.8) is 0 Å². The molecule has 0 saturated carbocycles. The van der Waals surface area contributed by atoms with Gasteiger partial charge in [0, 0.05) is 17.5 Å². The molecule has 2 aromatic carbocycles. The number of carbonyl (C=O) groups is 5. The van der Waals surface area contributed by atoms with E-state index in [2.05, 4.69) is 21.2 Å². The Morgan fingerprint density at radius 1 is 1.00 bits per heavy atom. The minimum absolute atomic E-state index is 0.144. The molecular formula is C24H19N5O6. The van der Waals surface area contributed by atoms with Crippen molar-refractivity contribution in [2.45, 2.75) is 6.92 Å². The molecule has 35 heavy (non-hydrogen) atoms. The number of carbonyl (C=O) groups excluding carboxylic acids is 5. The van der Waals surface area contributed by atoms with E-state index in [-0.39, 0.29) is 11.3 Å². The van der Waals surface area contributed by atoms with Crippen LogP contribution in [0.15, 0.2) is 76.4 Å². The number of rotatable bonds is 6. The lowest BCUT2D eigenvalue weighted by Crippen LogP contribution is -2.58. The predicted molar refractivity (Wildman–Crippen MR) is 125 cm³/mol. The lowest BCUT2D eigenvalue weighted by Gasteiger charge is -2.28. The first-order chi connectivity index (χ1) is 16.8. The maximum atomic E-state index is 12.8. The highest BCUT2D eigenvalue weighted by molar-refractivity contribution is 6.32. The number of aryl methyl sites for hydroxylation is 1. The molecule has 11 nitrogen and oxygen atoms in total. The summed E-state index contributed by atoms with van der Waals surface area (Å²) in [4.78, 5) is 62.4. The Kier molecular flexibility index (Phi) is 6.49. The van der Waals surface area contributed by atoms with Crippen LogP contribution in [-0.4, -0.2) is 35.9 Å². The van der Waals surface area contributed by atoms with E-state index < -0.39 is 35.6 Å². The van der Waals surface area contributed by atoms with Crippen molar-refractivity contribution in [2.24, 2.45) is 11.0 Å². The largest absolute Gasteiger partial charge is 0.459 e. The van der Waals surface area contributed by atoms with Gasteiger partial charge >= 0.3 is 6.03 Å². The molecule has 6 amide bonds. The highest BCUT2D eigenvalue weighted by Crippen LogP contribution is 2.20. The first-order valence-electron chi connectivity index (χ1n) is 10.4. The summed E-state index contributed by atoms with van der Waals surface area (Å²) in [6.07, 6.45) is 2.34. The quantitative estimate of drug-likeness (QED) is 0.284. The Labute approximate surface area is 198 Å². The number of hydrazone groups is 1. The summed E-state index contributed by atoms with van der Waals surface area (Å²) in [5.74, 6) is -3.96. The number of hydrogen-bond donors (Lipinski definition) is 3. The summed E-state index contributed by atoms with van der Waals surface area (Å²) in [5, 5.41) is 8.45. The third-order valence-corrected chi connectivity index (χ3v) is 5.03. The van der Waals surface area contributed by atoms with Gasteiger partial charge in [-0.3, -0.25) is 24.5 Å². The lowest BCUT2D eigenvalue weighted by atomic mass is 10.1. The average molecular weight is 473 g/mol. The molecule has 1 aliphatic heterocycles. The smallest absolute Gasteiger partial charge is 0.335 e. The van der Waals surface area contributed by atoms with Crippen LogP contribution < -0.4 is 21.0 Å². The second-order valence-corrected chi connectivity index (χ2v) is 7.51. The number of nitrogens with one attached hydrogen (secondary N) is 3. The monoisotopic (exact) mass is 473 g/mol. The fourth-order valence-corrected chi connectivity index (χ4v) is 3.20. The Hall–Kier alpha value is -5.06. The first kappa shape index (κ1) is 23.1. The number of amides is 6. The molecule has 11 heteroatoms. The van der Waals surface area contributed by atoms with E-state index in [1.165, 1.54) is 36.6 Å². The van der Waals surface area contributed by atoms with Crippen LogP contribution in [0.1, 0.15) is 26.5 Å². The summed E-state index contributed by atoms with van der Waals surface area (Å²) in [6.45, 7) is 1.86. The molecule has 0 aliphatic carbocycles. The van der Waals surface area contributed by atoms with Crippen molar-refractivity contribution in [3.8, 4) is 0 Å². The third-order valence-electron chi connectivity index (χ3n) is 5.03. The van der Waals surface area contributed by atoms with E-state index in [4.69, 9.17) is 4.42 Å². The molecule has 0 spiro atoms. The van der Waals surface area contributed by atoms with Crippen LogP contribution in [0, 0.1) is 12.8 Å². The molecule has 1 aliphatic rings. The van der Waals surface area contributed by atoms with E-state index in [0.29, 0.717) is 11.4 Å². The molecule has 1 saturated heterocycles. The maximum Gasteiger partial charge on any atom is 0.335 e. The van der Waals surface area contributed by atoms with Crippen molar-refractivity contribution in [2.75, 3.05) is 10.2 Å². The number of barbiturate groups is 1. The molecule has 0 unspecified atom stereocenters. The zero-order chi connectivity index (χ0) is 24.9. The highest BCUT2D eigenvalue weighted by Gasteiger charge is 2.40. The number of urea groups is 1. The SMILES string of the molecule is Cc1ccc(N2C(=O)NC(=O)[C@H](/C=N\NC(=O)c3ccc(NC(=O)c4ccco4)cc3)C2=O)cc1. The van der Waals surface area contributed by atoms with Crippen LogP contribution in [0.3, 0.4) is 0 Å². The Balaban J connectivity index is 1.38. The molecule has 1 atom stereocenters. The molecule has 176 valence electrons. The molecular weight excluding hydrogens is 454 g/mol. The van der Waals surface area contributed by atoms with Gasteiger partial charge < -0.3 is 9.73 Å². The van der Waals surface area contributed by atoms with Crippen LogP contribution in [0.2, 0.25) is 0 Å². The minimum Gasteiger partial charge on any atom is -0.459 e. The molecule has 4 rings (SSSR count). The van der Waals surface area contributed by atoms with Gasteiger partial charge in [-0.1, -0.05) is 17.7 Å². The fraction of sp³-hybridized carbons (Fsp3) is 0.0833. The predicted octanol–water partition coefficient (Wildman–Crippen LogP) is 2.46. The van der Waals surface area contributed by atoms with Gasteiger partial charge in [0.15, 0.2) is 11.7 Å². The second-order valence-electron chi connectivity index (χ2n) is 7.51. The van der Waals surface area contributed by atoms with Gasteiger partial charge in [0.25, 0.3) is 17.7 Å². The van der Waals surface area contributed by atoms with Crippen LogP contribution >= 0.6 is 0 Å². The molecule has 3 aromatic rings. The zero-order valence-electron chi connectivity index (χ0n) is 18.3. The minimum atomic E-state index is -1.41. The number of furan rings is 1. The molecule has 0 bridgehead atoms. The van der Waals surface area contributed by atoms with Crippen LogP contribution in [0.25, 0.3) is 0 Å². The number of nitrogens with zero attached hydrogens (tertiary/aromatic N) is 2.